The minimum absolute atomic E-state index is 0.0848. The number of nitrogens with zero attached hydrogens (tertiary/aromatic N) is 1. The number of aryl methyl sites for hydroxylation is 1. The summed E-state index contributed by atoms with van der Waals surface area (Å²) in [5.41, 5.74) is 0.231. The molecule has 0 aliphatic carbocycles. The number of rotatable bonds is 5. The van der Waals surface area contributed by atoms with Crippen LogP contribution in [0.5, 0.6) is 0 Å². The minimum Gasteiger partial charge on any atom is -0.348 e. The number of amides is 1. The van der Waals surface area contributed by atoms with E-state index in [9.17, 15) is 9.59 Å². The van der Waals surface area contributed by atoms with Gasteiger partial charge in [0.05, 0.1) is 0 Å². The van der Waals surface area contributed by atoms with Gasteiger partial charge in [-0.05, 0) is 18.4 Å². The zero-order chi connectivity index (χ0) is 13.7. The molecular weight excluding hydrogens is 296 g/mol. The van der Waals surface area contributed by atoms with Crippen molar-refractivity contribution < 1.29 is 4.79 Å². The number of halogens is 1. The van der Waals surface area contributed by atoms with Crippen LogP contribution in [0.1, 0.15) is 30.6 Å². The van der Waals surface area contributed by atoms with E-state index in [1.165, 1.54) is 10.6 Å². The molecule has 0 saturated heterocycles. The van der Waals surface area contributed by atoms with Gasteiger partial charge in [-0.25, -0.2) is 0 Å². The lowest BCUT2D eigenvalue weighted by molar-refractivity contribution is 0.0937. The molecule has 100 valence electrons. The van der Waals surface area contributed by atoms with Crippen LogP contribution in [-0.4, -0.2) is 21.8 Å². The van der Waals surface area contributed by atoms with Gasteiger partial charge in [-0.1, -0.05) is 29.8 Å². The highest BCUT2D eigenvalue weighted by Crippen LogP contribution is 2.08. The Balaban J connectivity index is 2.74. The molecule has 1 unspecified atom stereocenters. The SMILES string of the molecule is CC(C)CC(CBr)NC(=O)c1ccn(C)c(=O)c1. The maximum atomic E-state index is 12.0. The molecule has 0 aliphatic rings. The summed E-state index contributed by atoms with van der Waals surface area (Å²) in [6.07, 6.45) is 2.50. The fourth-order valence-electron chi connectivity index (χ4n) is 1.69. The normalized spacial score (nSPS) is 12.5. The van der Waals surface area contributed by atoms with Crippen LogP contribution in [0, 0.1) is 5.92 Å². The van der Waals surface area contributed by atoms with Crippen LogP contribution in [0.4, 0.5) is 0 Å². The van der Waals surface area contributed by atoms with E-state index in [0.29, 0.717) is 16.8 Å². The monoisotopic (exact) mass is 314 g/mol. The first-order valence-corrected chi connectivity index (χ1v) is 7.09. The third-order valence-electron chi connectivity index (χ3n) is 2.64. The van der Waals surface area contributed by atoms with E-state index < -0.39 is 0 Å². The van der Waals surface area contributed by atoms with Crippen LogP contribution < -0.4 is 10.9 Å². The Bertz CT molecular complexity index is 468. The maximum Gasteiger partial charge on any atom is 0.251 e. The zero-order valence-corrected chi connectivity index (χ0v) is 12.5. The summed E-state index contributed by atoms with van der Waals surface area (Å²) in [5, 5.41) is 3.64. The lowest BCUT2D eigenvalue weighted by Crippen LogP contribution is -2.37. The number of aromatic nitrogens is 1. The average Bonchev–Trinajstić information content (AvgIpc) is 2.31. The molecule has 1 amide bonds. The number of carbonyl (C=O) groups is 1. The summed E-state index contributed by atoms with van der Waals surface area (Å²) in [6.45, 7) is 4.22. The first-order valence-electron chi connectivity index (χ1n) is 5.97. The van der Waals surface area contributed by atoms with Gasteiger partial charge in [0.2, 0.25) is 0 Å². The Morgan fingerprint density at radius 1 is 1.50 bits per heavy atom. The molecule has 0 aromatic carbocycles. The second-order valence-corrected chi connectivity index (χ2v) is 5.47. The quantitative estimate of drug-likeness (QED) is 0.844. The van der Waals surface area contributed by atoms with Crippen molar-refractivity contribution in [1.82, 2.24) is 9.88 Å². The Labute approximate surface area is 116 Å². The van der Waals surface area contributed by atoms with Gasteiger partial charge >= 0.3 is 0 Å². The van der Waals surface area contributed by atoms with Gasteiger partial charge in [0.25, 0.3) is 11.5 Å². The van der Waals surface area contributed by atoms with Gasteiger partial charge in [0.1, 0.15) is 0 Å². The first kappa shape index (κ1) is 15.0. The summed E-state index contributed by atoms with van der Waals surface area (Å²) < 4.78 is 1.44. The van der Waals surface area contributed by atoms with Crippen molar-refractivity contribution in [2.24, 2.45) is 13.0 Å². The molecule has 1 N–H and O–H groups in total. The Morgan fingerprint density at radius 3 is 2.67 bits per heavy atom. The summed E-state index contributed by atoms with van der Waals surface area (Å²) in [7, 11) is 1.66. The molecule has 18 heavy (non-hydrogen) atoms. The van der Waals surface area contributed by atoms with Crippen molar-refractivity contribution in [1.29, 1.82) is 0 Å². The van der Waals surface area contributed by atoms with Gasteiger partial charge in [-0.3, -0.25) is 9.59 Å². The van der Waals surface area contributed by atoms with Gasteiger partial charge in [-0.15, -0.1) is 0 Å². The Kier molecular flexibility index (Phi) is 5.59. The van der Waals surface area contributed by atoms with Crippen molar-refractivity contribution in [2.75, 3.05) is 5.33 Å². The van der Waals surface area contributed by atoms with Gasteiger partial charge < -0.3 is 9.88 Å². The number of carbonyl (C=O) groups excluding carboxylic acids is 1. The molecule has 0 spiro atoms. The largest absolute Gasteiger partial charge is 0.348 e. The van der Waals surface area contributed by atoms with Crippen molar-refractivity contribution in [2.45, 2.75) is 26.3 Å². The molecule has 0 radical (unpaired) electrons. The molecule has 1 aromatic rings. The number of pyridine rings is 1. The summed E-state index contributed by atoms with van der Waals surface area (Å²) in [5.74, 6) is 0.314. The predicted molar refractivity (Wildman–Crippen MR) is 76.2 cm³/mol. The lowest BCUT2D eigenvalue weighted by atomic mass is 10.0. The molecular formula is C13H19BrN2O2. The topological polar surface area (TPSA) is 51.1 Å². The fraction of sp³-hybridized carbons (Fsp3) is 0.538. The molecule has 1 rings (SSSR count). The Hall–Kier alpha value is -1.10. The molecule has 5 heteroatoms. The van der Waals surface area contributed by atoms with Gasteiger partial charge in [0.15, 0.2) is 0 Å². The zero-order valence-electron chi connectivity index (χ0n) is 10.9. The van der Waals surface area contributed by atoms with Crippen LogP contribution in [0.2, 0.25) is 0 Å². The number of hydrogen-bond acceptors (Lipinski definition) is 2. The van der Waals surface area contributed by atoms with Crippen molar-refractivity contribution in [3.63, 3.8) is 0 Å². The molecule has 1 aromatic heterocycles. The molecule has 0 fully saturated rings. The molecule has 0 aliphatic heterocycles. The smallest absolute Gasteiger partial charge is 0.251 e. The van der Waals surface area contributed by atoms with E-state index in [1.54, 1.807) is 19.3 Å². The number of nitrogens with one attached hydrogen (secondary N) is 1. The summed E-state index contributed by atoms with van der Waals surface area (Å²) in [4.78, 5) is 23.4. The molecule has 0 saturated carbocycles. The van der Waals surface area contributed by atoms with E-state index in [1.807, 2.05) is 0 Å². The first-order chi connectivity index (χ1) is 8.43. The second kappa shape index (κ2) is 6.73. The highest BCUT2D eigenvalue weighted by Gasteiger charge is 2.14. The maximum absolute atomic E-state index is 12.0. The second-order valence-electron chi connectivity index (χ2n) is 4.82. The van der Waals surface area contributed by atoms with Crippen LogP contribution >= 0.6 is 15.9 Å². The molecule has 1 atom stereocenters. The minimum atomic E-state index is -0.196. The highest BCUT2D eigenvalue weighted by molar-refractivity contribution is 9.09. The van der Waals surface area contributed by atoms with Gasteiger partial charge in [-0.2, -0.15) is 0 Å². The van der Waals surface area contributed by atoms with E-state index in [0.717, 1.165) is 6.42 Å². The molecule has 4 nitrogen and oxygen atoms in total. The van der Waals surface area contributed by atoms with E-state index in [4.69, 9.17) is 0 Å². The van der Waals surface area contributed by atoms with E-state index >= 15 is 0 Å². The summed E-state index contributed by atoms with van der Waals surface area (Å²) >= 11 is 3.39. The van der Waals surface area contributed by atoms with Gasteiger partial charge in [0, 0.05) is 36.2 Å². The van der Waals surface area contributed by atoms with Crippen LogP contribution in [-0.2, 0) is 7.05 Å². The molecule has 0 bridgehead atoms. The van der Waals surface area contributed by atoms with Crippen LogP contribution in [0.25, 0.3) is 0 Å². The highest BCUT2D eigenvalue weighted by atomic mass is 79.9. The third kappa shape index (κ3) is 4.29. The summed E-state index contributed by atoms with van der Waals surface area (Å²) in [6, 6.07) is 3.09. The standard InChI is InChI=1S/C13H19BrN2O2/c1-9(2)6-11(8-14)15-13(18)10-4-5-16(3)12(17)7-10/h4-5,7,9,11H,6,8H2,1-3H3,(H,15,18). The predicted octanol–water partition coefficient (Wildman–Crippen LogP) is 1.92. The van der Waals surface area contributed by atoms with E-state index in [2.05, 4.69) is 35.1 Å². The van der Waals surface area contributed by atoms with E-state index in [-0.39, 0.29) is 17.5 Å². The lowest BCUT2D eigenvalue weighted by Gasteiger charge is -2.18. The van der Waals surface area contributed by atoms with Crippen molar-refractivity contribution in [3.8, 4) is 0 Å². The van der Waals surface area contributed by atoms with Crippen molar-refractivity contribution >= 4 is 21.8 Å². The van der Waals surface area contributed by atoms with Crippen LogP contribution in [0.3, 0.4) is 0 Å². The average molecular weight is 315 g/mol. The Morgan fingerprint density at radius 2 is 2.17 bits per heavy atom. The van der Waals surface area contributed by atoms with Crippen molar-refractivity contribution in [3.05, 3.63) is 34.2 Å². The third-order valence-corrected chi connectivity index (χ3v) is 3.43. The fourth-order valence-corrected chi connectivity index (χ4v) is 2.11. The molecule has 1 heterocycles. The van der Waals surface area contributed by atoms with Crippen LogP contribution in [0.15, 0.2) is 23.1 Å². The number of hydrogen-bond donors (Lipinski definition) is 1. The number of alkyl halides is 1.